The molecule has 0 N–H and O–H groups in total. The van der Waals surface area contributed by atoms with Crippen molar-refractivity contribution in [2.24, 2.45) is 0 Å². The topological polar surface area (TPSA) is 128 Å². The first-order valence-electron chi connectivity index (χ1n) is 15.9. The first-order valence-corrected chi connectivity index (χ1v) is 19.6. The van der Waals surface area contributed by atoms with Crippen LogP contribution in [0.2, 0.25) is 25.7 Å². The molecule has 3 aliphatic rings. The summed E-state index contributed by atoms with van der Waals surface area (Å²) in [7, 11) is 0.312. The van der Waals surface area contributed by atoms with E-state index in [1.165, 1.54) is 11.1 Å². The Morgan fingerprint density at radius 3 is 2.57 bits per heavy atom. The number of piperidine rings is 1. The second-order valence-electron chi connectivity index (χ2n) is 13.3. The monoisotopic (exact) mass is 652 g/mol. The van der Waals surface area contributed by atoms with E-state index in [2.05, 4.69) is 24.6 Å². The third-order valence-electron chi connectivity index (χ3n) is 8.76. The first-order chi connectivity index (χ1) is 21.9. The van der Waals surface area contributed by atoms with Gasteiger partial charge in [-0.3, -0.25) is 19.3 Å². The lowest BCUT2D eigenvalue weighted by Gasteiger charge is -2.35. The fourth-order valence-corrected chi connectivity index (χ4v) is 6.41. The maximum absolute atomic E-state index is 13.6. The number of benzene rings is 1. The van der Waals surface area contributed by atoms with Crippen LogP contribution in [0.3, 0.4) is 0 Å². The molecule has 5 rings (SSSR count). The van der Waals surface area contributed by atoms with Gasteiger partial charge >= 0.3 is 6.09 Å². The molecular formula is C33H44N4O8Si. The van der Waals surface area contributed by atoms with Crippen molar-refractivity contribution in [3.63, 3.8) is 0 Å². The third kappa shape index (κ3) is 7.94. The number of imide groups is 1. The number of likely N-dealkylation sites (tertiary alicyclic amines) is 1. The number of amides is 4. The Bertz CT molecular complexity index is 1440. The fourth-order valence-electron chi connectivity index (χ4n) is 5.65. The van der Waals surface area contributed by atoms with Gasteiger partial charge in [-0.05, 0) is 42.6 Å². The summed E-state index contributed by atoms with van der Waals surface area (Å²) in [5, 5.41) is 0. The van der Waals surface area contributed by atoms with Crippen LogP contribution in [0.4, 0.5) is 4.79 Å². The summed E-state index contributed by atoms with van der Waals surface area (Å²) < 4.78 is 22.5. The van der Waals surface area contributed by atoms with Crippen LogP contribution in [-0.2, 0) is 25.6 Å². The molecule has 1 aromatic carbocycles. The summed E-state index contributed by atoms with van der Waals surface area (Å²) in [5.74, 6) is -0.200. The van der Waals surface area contributed by atoms with Crippen LogP contribution in [0.5, 0.6) is 11.6 Å². The predicted octanol–water partition coefficient (Wildman–Crippen LogP) is 4.62. The average Bonchev–Trinajstić information content (AvgIpc) is 3.35. The van der Waals surface area contributed by atoms with Gasteiger partial charge in [0, 0.05) is 59.2 Å². The molecule has 46 heavy (non-hydrogen) atoms. The van der Waals surface area contributed by atoms with E-state index in [-0.39, 0.29) is 49.8 Å². The molecule has 2 atom stereocenters. The highest BCUT2D eigenvalue weighted by Gasteiger charge is 2.43. The van der Waals surface area contributed by atoms with Crippen molar-refractivity contribution in [2.75, 3.05) is 33.6 Å². The molecule has 4 heterocycles. The highest BCUT2D eigenvalue weighted by Crippen LogP contribution is 2.32. The summed E-state index contributed by atoms with van der Waals surface area (Å²) in [6.45, 7) is 10.5. The van der Waals surface area contributed by atoms with E-state index in [9.17, 15) is 19.2 Å². The van der Waals surface area contributed by atoms with Crippen LogP contribution < -0.4 is 9.47 Å². The molecule has 12 nitrogen and oxygen atoms in total. The molecule has 0 spiro atoms. The van der Waals surface area contributed by atoms with E-state index in [4.69, 9.17) is 18.9 Å². The second kappa shape index (κ2) is 14.3. The quantitative estimate of drug-likeness (QED) is 0.194. The molecule has 2 unspecified atom stereocenters. The average molecular weight is 653 g/mol. The Morgan fingerprint density at radius 2 is 1.87 bits per heavy atom. The minimum Gasteiger partial charge on any atom is -0.474 e. The molecule has 1 aromatic heterocycles. The molecule has 3 aliphatic heterocycles. The van der Waals surface area contributed by atoms with Crippen molar-refractivity contribution < 1.29 is 38.1 Å². The number of carbonyl (C=O) groups excluding carboxylic acids is 4. The molecule has 13 heteroatoms. The smallest absolute Gasteiger partial charge is 0.415 e. The Balaban J connectivity index is 1.18. The van der Waals surface area contributed by atoms with Gasteiger partial charge in [0.2, 0.25) is 11.8 Å². The number of rotatable bonds is 11. The standard InChI is InChI=1S/C33H44N4O8Si/c1-22(35(2)33(41)45-26-8-10-29(34-19-26)44-25-12-14-42-15-13-25)23-6-7-24-20-36(31(39)27(24)18-23)28-9-11-30(38)37(32(28)40)21-43-16-17-46(3,4)5/h6-8,10,18-19,22,25,28H,9,11-17,20-21H2,1-5H3. The zero-order valence-electron chi connectivity index (χ0n) is 27.3. The van der Waals surface area contributed by atoms with Gasteiger partial charge in [0.25, 0.3) is 11.8 Å². The summed E-state index contributed by atoms with van der Waals surface area (Å²) >= 11 is 0. The number of fused-ring (bicyclic) bond motifs is 1. The molecular weight excluding hydrogens is 608 g/mol. The lowest BCUT2D eigenvalue weighted by atomic mass is 10.0. The minimum absolute atomic E-state index is 0.0547. The van der Waals surface area contributed by atoms with Crippen molar-refractivity contribution in [3.8, 4) is 11.6 Å². The van der Waals surface area contributed by atoms with E-state index >= 15 is 0 Å². The van der Waals surface area contributed by atoms with Gasteiger partial charge < -0.3 is 28.7 Å². The maximum atomic E-state index is 13.6. The maximum Gasteiger partial charge on any atom is 0.415 e. The number of hydrogen-bond acceptors (Lipinski definition) is 9. The van der Waals surface area contributed by atoms with E-state index < -0.39 is 32.2 Å². The first kappa shape index (κ1) is 33.5. The zero-order chi connectivity index (χ0) is 33.0. The number of ether oxygens (including phenoxy) is 4. The van der Waals surface area contributed by atoms with Gasteiger partial charge in [0.1, 0.15) is 18.9 Å². The number of nitrogens with zero attached hydrogens (tertiary/aromatic N) is 4. The molecule has 0 bridgehead atoms. The Labute approximate surface area is 270 Å². The van der Waals surface area contributed by atoms with Crippen LogP contribution in [0.15, 0.2) is 36.5 Å². The van der Waals surface area contributed by atoms with Crippen LogP contribution in [0, 0.1) is 0 Å². The lowest BCUT2D eigenvalue weighted by Crippen LogP contribution is -2.55. The largest absolute Gasteiger partial charge is 0.474 e. The number of pyridine rings is 1. The highest BCUT2D eigenvalue weighted by molar-refractivity contribution is 6.76. The molecule has 248 valence electrons. The van der Waals surface area contributed by atoms with Crippen LogP contribution >= 0.6 is 0 Å². The van der Waals surface area contributed by atoms with Crippen LogP contribution in [0.1, 0.15) is 60.1 Å². The molecule has 0 radical (unpaired) electrons. The van der Waals surface area contributed by atoms with E-state index in [1.807, 2.05) is 19.1 Å². The Morgan fingerprint density at radius 1 is 1.11 bits per heavy atom. The fraction of sp³-hybridized carbons (Fsp3) is 0.545. The van der Waals surface area contributed by atoms with Crippen molar-refractivity contribution in [1.82, 2.24) is 19.7 Å². The van der Waals surface area contributed by atoms with E-state index in [0.29, 0.717) is 31.3 Å². The number of carbonyl (C=O) groups is 4. The molecule has 2 saturated heterocycles. The Hall–Kier alpha value is -3.81. The zero-order valence-corrected chi connectivity index (χ0v) is 28.3. The molecule has 2 fully saturated rings. The van der Waals surface area contributed by atoms with Gasteiger partial charge in [-0.2, -0.15) is 0 Å². The number of hydrogen-bond donors (Lipinski definition) is 0. The predicted molar refractivity (Wildman–Crippen MR) is 171 cm³/mol. The Kier molecular flexibility index (Phi) is 10.4. The van der Waals surface area contributed by atoms with Gasteiger partial charge in [-0.1, -0.05) is 31.8 Å². The molecule has 0 aliphatic carbocycles. The van der Waals surface area contributed by atoms with Crippen LogP contribution in [-0.4, -0.2) is 97.3 Å². The summed E-state index contributed by atoms with van der Waals surface area (Å²) in [6, 6.07) is 8.59. The minimum atomic E-state index is -1.32. The van der Waals surface area contributed by atoms with Crippen molar-refractivity contribution in [1.29, 1.82) is 0 Å². The van der Waals surface area contributed by atoms with E-state index in [0.717, 1.165) is 34.9 Å². The van der Waals surface area contributed by atoms with Gasteiger partial charge in [0.15, 0.2) is 5.75 Å². The van der Waals surface area contributed by atoms with Gasteiger partial charge in [-0.25, -0.2) is 9.78 Å². The summed E-state index contributed by atoms with van der Waals surface area (Å²) in [4.78, 5) is 60.9. The van der Waals surface area contributed by atoms with Crippen molar-refractivity contribution >= 4 is 31.9 Å². The third-order valence-corrected chi connectivity index (χ3v) is 10.5. The molecule has 2 aromatic rings. The highest BCUT2D eigenvalue weighted by atomic mass is 28.3. The molecule has 0 saturated carbocycles. The lowest BCUT2D eigenvalue weighted by molar-refractivity contribution is -0.158. The molecule has 4 amide bonds. The summed E-state index contributed by atoms with van der Waals surface area (Å²) in [6.07, 6.45) is 2.99. The summed E-state index contributed by atoms with van der Waals surface area (Å²) in [5.41, 5.74) is 2.02. The normalized spacial score (nSPS) is 19.7. The van der Waals surface area contributed by atoms with Gasteiger partial charge in [0.05, 0.1) is 25.5 Å². The van der Waals surface area contributed by atoms with Gasteiger partial charge in [-0.15, -0.1) is 0 Å². The van der Waals surface area contributed by atoms with Crippen molar-refractivity contribution in [2.45, 2.75) is 83.0 Å². The number of aromatic nitrogens is 1. The van der Waals surface area contributed by atoms with Crippen LogP contribution in [0.25, 0.3) is 0 Å². The van der Waals surface area contributed by atoms with E-state index in [1.54, 1.807) is 30.1 Å². The SMILES string of the molecule is CC(c1ccc2c(c1)C(=O)N(C1CCC(=O)N(COCC[Si](C)(C)C)C1=O)C2)N(C)C(=O)Oc1ccc(OC2CCOCC2)nc1. The van der Waals surface area contributed by atoms with Crippen molar-refractivity contribution in [3.05, 3.63) is 53.2 Å². The second-order valence-corrected chi connectivity index (χ2v) is 19.0.